The van der Waals surface area contributed by atoms with Gasteiger partial charge in [0.15, 0.2) is 0 Å². The summed E-state index contributed by atoms with van der Waals surface area (Å²) in [5, 5.41) is 0.703. The van der Waals surface area contributed by atoms with Gasteiger partial charge in [0.1, 0.15) is 23.0 Å². The number of rotatable bonds is 6. The normalized spacial score (nSPS) is 22.5. The molecule has 2 aromatic heterocycles. The number of aromatic nitrogens is 1. The third kappa shape index (κ3) is 4.27. The van der Waals surface area contributed by atoms with Crippen LogP contribution < -0.4 is 5.63 Å². The van der Waals surface area contributed by atoms with Gasteiger partial charge in [-0.2, -0.15) is 0 Å². The molecule has 180 valence electrons. The number of benzene rings is 1. The Balaban J connectivity index is 1.44. The molecule has 2 aliphatic rings. The first kappa shape index (κ1) is 23.4. The smallest absolute Gasteiger partial charge is 0.348 e. The Bertz CT molecular complexity index is 1250. The fourth-order valence-corrected chi connectivity index (χ4v) is 7.22. The molecule has 0 saturated heterocycles. The number of hydrogen-bond acceptors (Lipinski definition) is 5. The molecule has 2 heterocycles. The number of carbonyl (C=O) groups excluding carboxylic acids is 1. The van der Waals surface area contributed by atoms with E-state index >= 15 is 0 Å². The molecule has 1 fully saturated rings. The summed E-state index contributed by atoms with van der Waals surface area (Å²) in [6.07, 6.45) is 9.62. The maximum Gasteiger partial charge on any atom is 0.348 e. The van der Waals surface area contributed by atoms with Crippen LogP contribution in [0.1, 0.15) is 68.4 Å². The van der Waals surface area contributed by atoms with Crippen molar-refractivity contribution >= 4 is 27.8 Å². The van der Waals surface area contributed by atoms with Crippen molar-refractivity contribution in [2.24, 2.45) is 5.92 Å². The lowest BCUT2D eigenvalue weighted by Crippen LogP contribution is -2.57. The molecule has 1 saturated carbocycles. The van der Waals surface area contributed by atoms with E-state index in [0.717, 1.165) is 72.7 Å². The van der Waals surface area contributed by atoms with Crippen LogP contribution in [0.15, 0.2) is 33.5 Å². The second-order valence-electron chi connectivity index (χ2n) is 10.7. The van der Waals surface area contributed by atoms with Gasteiger partial charge < -0.3 is 13.7 Å². The summed E-state index contributed by atoms with van der Waals surface area (Å²) in [6, 6.07) is 9.35. The quantitative estimate of drug-likeness (QED) is 0.326. The summed E-state index contributed by atoms with van der Waals surface area (Å²) in [7, 11) is 2.35. The van der Waals surface area contributed by atoms with Crippen molar-refractivity contribution in [2.75, 3.05) is 7.05 Å². The number of hydrogen-bond donors (Lipinski definition) is 0. The van der Waals surface area contributed by atoms with Gasteiger partial charge in [-0.05, 0) is 70.1 Å². The maximum absolute atomic E-state index is 12.9. The van der Waals surface area contributed by atoms with Crippen molar-refractivity contribution < 1.29 is 13.7 Å². The summed E-state index contributed by atoms with van der Waals surface area (Å²) in [4.78, 5) is 31.1. The van der Waals surface area contributed by atoms with Crippen LogP contribution in [0.3, 0.4) is 0 Å². The van der Waals surface area contributed by atoms with Crippen LogP contribution in [-0.4, -0.2) is 34.9 Å². The third-order valence-electron chi connectivity index (χ3n) is 8.39. The maximum atomic E-state index is 12.9. The van der Waals surface area contributed by atoms with E-state index in [2.05, 4.69) is 33.0 Å². The van der Waals surface area contributed by atoms with Crippen molar-refractivity contribution in [1.29, 1.82) is 0 Å². The summed E-state index contributed by atoms with van der Waals surface area (Å²) in [6.45, 7) is 5.49. The predicted octanol–water partition coefficient (Wildman–Crippen LogP) is 5.91. The lowest BCUT2D eigenvalue weighted by Gasteiger charge is -2.47. The Morgan fingerprint density at radius 1 is 1.18 bits per heavy atom. The van der Waals surface area contributed by atoms with Crippen molar-refractivity contribution in [2.45, 2.75) is 83.8 Å². The fraction of sp³-hybridized carbons (Fsp3) is 0.536. The fourth-order valence-electron chi connectivity index (χ4n) is 5.98. The van der Waals surface area contributed by atoms with Gasteiger partial charge in [0, 0.05) is 34.8 Å². The van der Waals surface area contributed by atoms with E-state index in [1.165, 1.54) is 22.4 Å². The zero-order valence-corrected chi connectivity index (χ0v) is 21.3. The Labute approximate surface area is 205 Å². The molecule has 0 radical (unpaired) electrons. The van der Waals surface area contributed by atoms with E-state index in [1.54, 1.807) is 11.3 Å². The van der Waals surface area contributed by atoms with Crippen molar-refractivity contribution in [1.82, 2.24) is 4.98 Å². The molecule has 6 heteroatoms. The highest BCUT2D eigenvalue weighted by Gasteiger charge is 2.38. The molecule has 1 aromatic carbocycles. The Kier molecular flexibility index (Phi) is 6.47. The highest BCUT2D eigenvalue weighted by atomic mass is 32.1. The molecule has 34 heavy (non-hydrogen) atoms. The van der Waals surface area contributed by atoms with E-state index in [-0.39, 0.29) is 11.5 Å². The van der Waals surface area contributed by atoms with Crippen LogP contribution in [0.2, 0.25) is 0 Å². The minimum absolute atomic E-state index is 0.229. The molecular formula is C28H35N2O3S+. The van der Waals surface area contributed by atoms with Crippen molar-refractivity contribution in [3.63, 3.8) is 0 Å². The molecule has 0 amide bonds. The van der Waals surface area contributed by atoms with Gasteiger partial charge >= 0.3 is 5.63 Å². The van der Waals surface area contributed by atoms with Gasteiger partial charge in [0.2, 0.25) is 5.89 Å². The molecule has 5 nitrogen and oxygen atoms in total. The minimum atomic E-state index is -0.250. The summed E-state index contributed by atoms with van der Waals surface area (Å²) < 4.78 is 6.72. The average Bonchev–Trinajstić information content (AvgIpc) is 3.23. The van der Waals surface area contributed by atoms with Crippen LogP contribution in [0.4, 0.5) is 0 Å². The highest BCUT2D eigenvalue weighted by Crippen LogP contribution is 2.36. The lowest BCUT2D eigenvalue weighted by atomic mass is 9.84. The zero-order chi connectivity index (χ0) is 23.9. The molecule has 2 aliphatic carbocycles. The third-order valence-corrected chi connectivity index (χ3v) is 9.58. The van der Waals surface area contributed by atoms with E-state index in [0.29, 0.717) is 23.4 Å². The number of aryl methyl sites for hydroxylation is 2. The van der Waals surface area contributed by atoms with Gasteiger partial charge in [-0.15, -0.1) is 11.3 Å². The summed E-state index contributed by atoms with van der Waals surface area (Å²) in [5.74, 6) is 0.648. The van der Waals surface area contributed by atoms with E-state index in [4.69, 9.17) is 9.40 Å². The second-order valence-corrected chi connectivity index (χ2v) is 11.8. The minimum Gasteiger partial charge on any atom is -0.403 e. The summed E-state index contributed by atoms with van der Waals surface area (Å²) >= 11 is 1.66. The number of thiophene rings is 1. The average molecular weight is 480 g/mol. The molecule has 0 N–H and O–H groups in total. The van der Waals surface area contributed by atoms with E-state index < -0.39 is 0 Å². The number of nitrogens with zero attached hydrogens (tertiary/aromatic N) is 2. The highest BCUT2D eigenvalue weighted by molar-refractivity contribution is 7.18. The predicted molar refractivity (Wildman–Crippen MR) is 137 cm³/mol. The lowest BCUT2D eigenvalue weighted by molar-refractivity contribution is -0.966. The van der Waals surface area contributed by atoms with Gasteiger partial charge in [-0.3, -0.25) is 0 Å². The molecule has 1 atom stereocenters. The van der Waals surface area contributed by atoms with E-state index in [9.17, 15) is 9.59 Å². The standard InChI is InChI=1S/C28H35N2O3S/c1-18(2)30(3,22-13-11-19(17-31)12-14-22)16-20-7-6-8-21(15-20)26-29-27-25(28(32)33-26)23-9-4-5-10-24(23)34-27/h6-8,15,17-19,22H,4-5,9-14,16H2,1-3H3/q+1. The van der Waals surface area contributed by atoms with Crippen LogP contribution >= 0.6 is 11.3 Å². The number of carbonyl (C=O) groups is 1. The summed E-state index contributed by atoms with van der Waals surface area (Å²) in [5.41, 5.74) is 3.01. The largest absolute Gasteiger partial charge is 0.403 e. The number of quaternary nitrogens is 1. The van der Waals surface area contributed by atoms with Crippen LogP contribution in [0, 0.1) is 5.92 Å². The molecule has 0 bridgehead atoms. The van der Waals surface area contributed by atoms with Crippen LogP contribution in [0.5, 0.6) is 0 Å². The molecule has 1 unspecified atom stereocenters. The van der Waals surface area contributed by atoms with E-state index in [1.807, 2.05) is 12.1 Å². The Morgan fingerprint density at radius 3 is 2.68 bits per heavy atom. The zero-order valence-electron chi connectivity index (χ0n) is 20.5. The van der Waals surface area contributed by atoms with Crippen LogP contribution in [-0.2, 0) is 24.2 Å². The molecule has 0 aliphatic heterocycles. The first-order valence-corrected chi connectivity index (χ1v) is 13.6. The van der Waals surface area contributed by atoms with Gasteiger partial charge in [-0.1, -0.05) is 12.1 Å². The number of aldehydes is 1. The first-order chi connectivity index (χ1) is 16.4. The van der Waals surface area contributed by atoms with Crippen molar-refractivity contribution in [3.05, 3.63) is 50.7 Å². The monoisotopic (exact) mass is 479 g/mol. The number of fused-ring (bicyclic) bond motifs is 3. The SMILES string of the molecule is CC(C)[N+](C)(Cc1cccc(-c2nc3sc4c(c3c(=O)o2)CCCC4)c1)C1CCC(C=O)CC1. The molecule has 3 aromatic rings. The van der Waals surface area contributed by atoms with Crippen LogP contribution in [0.25, 0.3) is 21.7 Å². The Hall–Kier alpha value is -2.31. The second kappa shape index (κ2) is 9.38. The van der Waals surface area contributed by atoms with Gasteiger partial charge in [0.05, 0.1) is 19.1 Å². The Morgan fingerprint density at radius 2 is 1.94 bits per heavy atom. The topological polar surface area (TPSA) is 60.2 Å². The molecule has 0 spiro atoms. The van der Waals surface area contributed by atoms with Gasteiger partial charge in [0.25, 0.3) is 0 Å². The molecule has 5 rings (SSSR count). The first-order valence-electron chi connectivity index (χ1n) is 12.7. The van der Waals surface area contributed by atoms with Crippen molar-refractivity contribution in [3.8, 4) is 11.5 Å². The van der Waals surface area contributed by atoms with Gasteiger partial charge in [-0.25, -0.2) is 9.78 Å². The molecular weight excluding hydrogens is 444 g/mol.